The smallest absolute Gasteiger partial charge is 0.264 e. The molecule has 1 amide bonds. The average Bonchev–Trinajstić information content (AvgIpc) is 3.24. The van der Waals surface area contributed by atoms with E-state index in [0.717, 1.165) is 45.9 Å². The fraction of sp³-hybridized carbons (Fsp3) is 0.294. The first-order chi connectivity index (χ1) is 10.7. The molecule has 3 heterocycles. The predicted molar refractivity (Wildman–Crippen MR) is 88.2 cm³/mol. The number of fused-ring (bicyclic) bond motifs is 1. The second-order valence-corrected chi connectivity index (χ2v) is 6.84. The molecule has 1 atom stereocenters. The van der Waals surface area contributed by atoms with Gasteiger partial charge in [-0.2, -0.15) is 0 Å². The number of amides is 1. The van der Waals surface area contributed by atoms with Crippen LogP contribution >= 0.6 is 11.3 Å². The summed E-state index contributed by atoms with van der Waals surface area (Å²) in [7, 11) is 0. The third kappa shape index (κ3) is 2.22. The number of hydrogen-bond donors (Lipinski definition) is 1. The Morgan fingerprint density at radius 1 is 1.41 bits per heavy atom. The molecule has 2 aromatic heterocycles. The number of H-pyrrole nitrogens is 1. The Hall–Kier alpha value is -2.14. The summed E-state index contributed by atoms with van der Waals surface area (Å²) in [5.74, 6) is 1.03. The SMILES string of the molecule is Cc1cnc([C@@H]2CCCN2C(=O)c2cc3ccccc3s2)[nH]1. The fourth-order valence-electron chi connectivity index (χ4n) is 3.13. The summed E-state index contributed by atoms with van der Waals surface area (Å²) < 4.78 is 1.16. The van der Waals surface area contributed by atoms with Crippen molar-refractivity contribution in [1.29, 1.82) is 0 Å². The van der Waals surface area contributed by atoms with Crippen LogP contribution in [0.5, 0.6) is 0 Å². The number of thiophene rings is 1. The molecule has 0 saturated carbocycles. The molecule has 1 N–H and O–H groups in total. The van der Waals surface area contributed by atoms with Crippen LogP contribution in [0.3, 0.4) is 0 Å². The van der Waals surface area contributed by atoms with E-state index in [2.05, 4.69) is 22.1 Å². The summed E-state index contributed by atoms with van der Waals surface area (Å²) >= 11 is 1.57. The highest BCUT2D eigenvalue weighted by Crippen LogP contribution is 2.34. The van der Waals surface area contributed by atoms with Gasteiger partial charge in [0.1, 0.15) is 5.82 Å². The molecule has 1 saturated heterocycles. The number of aryl methyl sites for hydroxylation is 1. The first-order valence-electron chi connectivity index (χ1n) is 7.53. The molecule has 1 aromatic carbocycles. The largest absolute Gasteiger partial charge is 0.344 e. The van der Waals surface area contributed by atoms with Crippen molar-refractivity contribution >= 4 is 27.3 Å². The summed E-state index contributed by atoms with van der Waals surface area (Å²) in [4.78, 5) is 23.4. The number of benzene rings is 1. The zero-order valence-electron chi connectivity index (χ0n) is 12.4. The van der Waals surface area contributed by atoms with E-state index in [0.29, 0.717) is 0 Å². The van der Waals surface area contributed by atoms with Gasteiger partial charge in [-0.25, -0.2) is 4.98 Å². The molecule has 1 fully saturated rings. The highest BCUT2D eigenvalue weighted by atomic mass is 32.1. The van der Waals surface area contributed by atoms with Gasteiger partial charge in [-0.05, 0) is 37.3 Å². The molecule has 1 aliphatic heterocycles. The van der Waals surface area contributed by atoms with Crippen molar-refractivity contribution in [3.05, 3.63) is 52.9 Å². The molecule has 0 unspecified atom stereocenters. The minimum absolute atomic E-state index is 0.0754. The standard InChI is InChI=1S/C17H17N3OS/c1-11-10-18-16(19-11)13-6-4-8-20(13)17(21)15-9-12-5-2-3-7-14(12)22-15/h2-3,5,7,9-10,13H,4,6,8H2,1H3,(H,18,19)/t13-/m0/s1. The van der Waals surface area contributed by atoms with E-state index in [4.69, 9.17) is 0 Å². The molecule has 5 heteroatoms. The van der Waals surface area contributed by atoms with Crippen molar-refractivity contribution in [2.24, 2.45) is 0 Å². The van der Waals surface area contributed by atoms with E-state index >= 15 is 0 Å². The first kappa shape index (κ1) is 13.5. The number of nitrogens with zero attached hydrogens (tertiary/aromatic N) is 2. The van der Waals surface area contributed by atoms with Gasteiger partial charge in [-0.15, -0.1) is 11.3 Å². The lowest BCUT2D eigenvalue weighted by atomic mass is 10.2. The summed E-state index contributed by atoms with van der Waals surface area (Å²) in [5.41, 5.74) is 1.04. The highest BCUT2D eigenvalue weighted by molar-refractivity contribution is 7.20. The van der Waals surface area contributed by atoms with Gasteiger partial charge in [0.05, 0.1) is 10.9 Å². The number of hydrogen-bond acceptors (Lipinski definition) is 3. The van der Waals surface area contributed by atoms with E-state index in [9.17, 15) is 4.79 Å². The molecule has 3 aromatic rings. The normalized spacial score (nSPS) is 18.2. The van der Waals surface area contributed by atoms with Crippen molar-refractivity contribution in [3.8, 4) is 0 Å². The van der Waals surface area contributed by atoms with Gasteiger partial charge in [-0.1, -0.05) is 18.2 Å². The lowest BCUT2D eigenvalue weighted by molar-refractivity contribution is 0.0735. The van der Waals surface area contributed by atoms with Gasteiger partial charge < -0.3 is 9.88 Å². The molecule has 4 nitrogen and oxygen atoms in total. The van der Waals surface area contributed by atoms with Crippen LogP contribution in [0.1, 0.15) is 40.1 Å². The van der Waals surface area contributed by atoms with Crippen LogP contribution in [-0.4, -0.2) is 27.3 Å². The summed E-state index contributed by atoms with van der Waals surface area (Å²) in [6.07, 6.45) is 3.83. The van der Waals surface area contributed by atoms with Crippen LogP contribution in [0.15, 0.2) is 36.5 Å². The van der Waals surface area contributed by atoms with Crippen molar-refractivity contribution in [3.63, 3.8) is 0 Å². The maximum atomic E-state index is 12.9. The topological polar surface area (TPSA) is 49.0 Å². The molecule has 0 bridgehead atoms. The third-order valence-electron chi connectivity index (χ3n) is 4.19. The van der Waals surface area contributed by atoms with Gasteiger partial charge in [0.15, 0.2) is 0 Å². The lowest BCUT2D eigenvalue weighted by Crippen LogP contribution is -2.30. The Bertz CT molecular complexity index is 802. The Morgan fingerprint density at radius 2 is 2.27 bits per heavy atom. The monoisotopic (exact) mass is 311 g/mol. The number of rotatable bonds is 2. The predicted octanol–water partition coefficient (Wildman–Crippen LogP) is 3.91. The molecule has 112 valence electrons. The maximum Gasteiger partial charge on any atom is 0.264 e. The summed E-state index contributed by atoms with van der Waals surface area (Å²) in [6, 6.07) is 10.2. The van der Waals surface area contributed by atoms with Gasteiger partial charge >= 0.3 is 0 Å². The van der Waals surface area contributed by atoms with Crippen molar-refractivity contribution in [2.45, 2.75) is 25.8 Å². The zero-order valence-corrected chi connectivity index (χ0v) is 13.2. The number of aromatic amines is 1. The molecular formula is C17H17N3OS. The second kappa shape index (κ2) is 5.25. The van der Waals surface area contributed by atoms with Crippen LogP contribution < -0.4 is 0 Å². The average molecular weight is 311 g/mol. The number of imidazole rings is 1. The molecule has 0 radical (unpaired) electrons. The summed E-state index contributed by atoms with van der Waals surface area (Å²) in [6.45, 7) is 2.79. The van der Waals surface area contributed by atoms with E-state index < -0.39 is 0 Å². The Morgan fingerprint density at radius 3 is 3.05 bits per heavy atom. The zero-order chi connectivity index (χ0) is 15.1. The molecular weight excluding hydrogens is 294 g/mol. The van der Waals surface area contributed by atoms with Crippen LogP contribution in [0.2, 0.25) is 0 Å². The highest BCUT2D eigenvalue weighted by Gasteiger charge is 2.33. The van der Waals surface area contributed by atoms with E-state index in [1.165, 1.54) is 0 Å². The van der Waals surface area contributed by atoms with Crippen LogP contribution in [-0.2, 0) is 0 Å². The number of likely N-dealkylation sites (tertiary alicyclic amines) is 1. The Kier molecular flexibility index (Phi) is 3.22. The number of nitrogens with one attached hydrogen (secondary N) is 1. The fourth-order valence-corrected chi connectivity index (χ4v) is 4.14. The number of aromatic nitrogens is 2. The van der Waals surface area contributed by atoms with E-state index in [-0.39, 0.29) is 11.9 Å². The van der Waals surface area contributed by atoms with Crippen molar-refractivity contribution < 1.29 is 4.79 Å². The minimum atomic E-state index is 0.0754. The van der Waals surface area contributed by atoms with Gasteiger partial charge in [0.25, 0.3) is 5.91 Å². The maximum absolute atomic E-state index is 12.9. The number of carbonyl (C=O) groups is 1. The van der Waals surface area contributed by atoms with Crippen molar-refractivity contribution in [1.82, 2.24) is 14.9 Å². The van der Waals surface area contributed by atoms with Crippen molar-refractivity contribution in [2.75, 3.05) is 6.54 Å². The number of carbonyl (C=O) groups excluding carboxylic acids is 1. The van der Waals surface area contributed by atoms with Crippen LogP contribution in [0.4, 0.5) is 0 Å². The van der Waals surface area contributed by atoms with Crippen LogP contribution in [0, 0.1) is 6.92 Å². The van der Waals surface area contributed by atoms with E-state index in [1.54, 1.807) is 11.3 Å². The molecule has 22 heavy (non-hydrogen) atoms. The Labute approximate surface area is 132 Å². The third-order valence-corrected chi connectivity index (χ3v) is 5.29. The first-order valence-corrected chi connectivity index (χ1v) is 8.35. The van der Waals surface area contributed by atoms with E-state index in [1.807, 2.05) is 36.2 Å². The minimum Gasteiger partial charge on any atom is -0.344 e. The summed E-state index contributed by atoms with van der Waals surface area (Å²) in [5, 5.41) is 1.14. The second-order valence-electron chi connectivity index (χ2n) is 5.76. The molecule has 0 aliphatic carbocycles. The molecule has 4 rings (SSSR count). The quantitative estimate of drug-likeness (QED) is 0.780. The lowest BCUT2D eigenvalue weighted by Gasteiger charge is -2.22. The molecule has 0 spiro atoms. The molecule has 1 aliphatic rings. The van der Waals surface area contributed by atoms with Gasteiger partial charge in [0, 0.05) is 23.1 Å². The van der Waals surface area contributed by atoms with Gasteiger partial charge in [-0.3, -0.25) is 4.79 Å². The Balaban J connectivity index is 1.66. The van der Waals surface area contributed by atoms with Gasteiger partial charge in [0.2, 0.25) is 0 Å². The van der Waals surface area contributed by atoms with Crippen LogP contribution in [0.25, 0.3) is 10.1 Å².